The number of pyridine rings is 1. The van der Waals surface area contributed by atoms with E-state index in [-0.39, 0.29) is 0 Å². The maximum Gasteiger partial charge on any atom is 0.227 e. The normalized spacial score (nSPS) is 10.8. The van der Waals surface area contributed by atoms with Gasteiger partial charge in [-0.3, -0.25) is 4.98 Å². The predicted octanol–water partition coefficient (Wildman–Crippen LogP) is 3.54. The Hall–Kier alpha value is -1.87. The highest BCUT2D eigenvalue weighted by atomic mass is 35.5. The van der Waals surface area contributed by atoms with E-state index >= 15 is 0 Å². The molecule has 0 fully saturated rings. The molecule has 2 heterocycles. The average molecular weight is 231 g/mol. The van der Waals surface area contributed by atoms with Crippen molar-refractivity contribution in [2.24, 2.45) is 0 Å². The summed E-state index contributed by atoms with van der Waals surface area (Å²) in [6, 6.07) is 9.19. The van der Waals surface area contributed by atoms with E-state index in [4.69, 9.17) is 16.0 Å². The Morgan fingerprint density at radius 3 is 2.62 bits per heavy atom. The summed E-state index contributed by atoms with van der Waals surface area (Å²) < 4.78 is 5.58. The second-order valence-corrected chi connectivity index (χ2v) is 3.81. The van der Waals surface area contributed by atoms with E-state index in [1.54, 1.807) is 12.4 Å². The van der Waals surface area contributed by atoms with Crippen LogP contribution in [0, 0.1) is 0 Å². The Morgan fingerprint density at radius 1 is 1.06 bits per heavy atom. The first kappa shape index (κ1) is 9.36. The number of fused-ring (bicyclic) bond motifs is 1. The number of nitrogens with zero attached hydrogens (tertiary/aromatic N) is 2. The Bertz CT molecular complexity index is 598. The third-order valence-electron chi connectivity index (χ3n) is 2.28. The minimum atomic E-state index is 0.583. The number of hydrogen-bond donors (Lipinski definition) is 0. The number of oxazole rings is 1. The smallest absolute Gasteiger partial charge is 0.227 e. The van der Waals surface area contributed by atoms with E-state index in [0.29, 0.717) is 16.5 Å². The van der Waals surface area contributed by atoms with Crippen LogP contribution in [0.3, 0.4) is 0 Å². The van der Waals surface area contributed by atoms with Crippen LogP contribution in [0.4, 0.5) is 0 Å². The topological polar surface area (TPSA) is 38.9 Å². The van der Waals surface area contributed by atoms with Gasteiger partial charge in [0, 0.05) is 16.8 Å². The zero-order chi connectivity index (χ0) is 11.0. The summed E-state index contributed by atoms with van der Waals surface area (Å²) in [5.74, 6) is 0.583. The van der Waals surface area contributed by atoms with E-state index in [1.165, 1.54) is 0 Å². The van der Waals surface area contributed by atoms with E-state index in [0.717, 1.165) is 11.1 Å². The fourth-order valence-electron chi connectivity index (χ4n) is 1.50. The van der Waals surface area contributed by atoms with Gasteiger partial charge in [-0.05, 0) is 30.3 Å². The van der Waals surface area contributed by atoms with Gasteiger partial charge in [-0.2, -0.15) is 0 Å². The van der Waals surface area contributed by atoms with Gasteiger partial charge in [0.25, 0.3) is 0 Å². The largest absolute Gasteiger partial charge is 0.434 e. The second-order valence-electron chi connectivity index (χ2n) is 3.37. The first-order chi connectivity index (χ1) is 7.83. The summed E-state index contributed by atoms with van der Waals surface area (Å²) in [6.45, 7) is 0. The van der Waals surface area contributed by atoms with Gasteiger partial charge in [0.15, 0.2) is 5.58 Å². The lowest BCUT2D eigenvalue weighted by Gasteiger charge is -1.93. The van der Waals surface area contributed by atoms with Crippen molar-refractivity contribution < 1.29 is 4.42 Å². The van der Waals surface area contributed by atoms with Crippen LogP contribution in [0.1, 0.15) is 0 Å². The summed E-state index contributed by atoms with van der Waals surface area (Å²) in [5.41, 5.74) is 2.40. The summed E-state index contributed by atoms with van der Waals surface area (Å²) in [6.07, 6.45) is 3.35. The molecule has 0 bridgehead atoms. The van der Waals surface area contributed by atoms with Crippen LogP contribution in [0.15, 0.2) is 47.1 Å². The summed E-state index contributed by atoms with van der Waals surface area (Å²) in [5, 5.41) is 0.696. The molecule has 3 rings (SSSR count). The standard InChI is InChI=1S/C12H7ClN2O/c13-9-3-1-8(2-4-9)12-15-10-5-6-14-7-11(10)16-12/h1-7H. The summed E-state index contributed by atoms with van der Waals surface area (Å²) >= 11 is 5.82. The van der Waals surface area contributed by atoms with E-state index in [2.05, 4.69) is 9.97 Å². The van der Waals surface area contributed by atoms with E-state index in [9.17, 15) is 0 Å². The fourth-order valence-corrected chi connectivity index (χ4v) is 1.62. The van der Waals surface area contributed by atoms with Crippen LogP contribution in [0.2, 0.25) is 5.02 Å². The predicted molar refractivity (Wildman–Crippen MR) is 62.3 cm³/mol. The molecule has 0 saturated carbocycles. The molecule has 0 aliphatic rings. The van der Waals surface area contributed by atoms with Crippen molar-refractivity contribution in [3.8, 4) is 11.5 Å². The highest BCUT2D eigenvalue weighted by Crippen LogP contribution is 2.24. The van der Waals surface area contributed by atoms with Gasteiger partial charge in [-0.1, -0.05) is 11.6 Å². The van der Waals surface area contributed by atoms with Crippen LogP contribution in [0.25, 0.3) is 22.6 Å². The quantitative estimate of drug-likeness (QED) is 0.642. The number of hydrogen-bond acceptors (Lipinski definition) is 3. The van der Waals surface area contributed by atoms with Gasteiger partial charge in [-0.15, -0.1) is 0 Å². The molecule has 0 saturated heterocycles. The Morgan fingerprint density at radius 2 is 1.88 bits per heavy atom. The maximum atomic E-state index is 5.82. The third kappa shape index (κ3) is 1.55. The monoisotopic (exact) mass is 230 g/mol. The Balaban J connectivity index is 2.15. The van der Waals surface area contributed by atoms with E-state index < -0.39 is 0 Å². The molecule has 1 aromatic carbocycles. The highest BCUT2D eigenvalue weighted by Gasteiger charge is 2.07. The molecule has 0 N–H and O–H groups in total. The molecule has 3 aromatic rings. The van der Waals surface area contributed by atoms with Crippen LogP contribution in [0.5, 0.6) is 0 Å². The van der Waals surface area contributed by atoms with Crippen LogP contribution < -0.4 is 0 Å². The van der Waals surface area contributed by atoms with Crippen molar-refractivity contribution in [3.63, 3.8) is 0 Å². The molecular formula is C12H7ClN2O. The zero-order valence-electron chi connectivity index (χ0n) is 8.22. The molecule has 78 valence electrons. The molecule has 0 spiro atoms. The van der Waals surface area contributed by atoms with Crippen molar-refractivity contribution in [2.45, 2.75) is 0 Å². The van der Waals surface area contributed by atoms with Gasteiger partial charge < -0.3 is 4.42 Å². The van der Waals surface area contributed by atoms with Gasteiger partial charge in [0.1, 0.15) is 5.52 Å². The molecule has 0 aliphatic heterocycles. The highest BCUT2D eigenvalue weighted by molar-refractivity contribution is 6.30. The molecule has 3 nitrogen and oxygen atoms in total. The first-order valence-corrected chi connectivity index (χ1v) is 5.17. The number of benzene rings is 1. The molecule has 0 aliphatic carbocycles. The van der Waals surface area contributed by atoms with Gasteiger partial charge in [0.2, 0.25) is 5.89 Å². The van der Waals surface area contributed by atoms with Gasteiger partial charge >= 0.3 is 0 Å². The average Bonchev–Trinajstić information content (AvgIpc) is 2.73. The zero-order valence-corrected chi connectivity index (χ0v) is 8.98. The van der Waals surface area contributed by atoms with Gasteiger partial charge in [0.05, 0.1) is 6.20 Å². The Labute approximate surface area is 96.7 Å². The van der Waals surface area contributed by atoms with Crippen LogP contribution >= 0.6 is 11.6 Å². The molecule has 16 heavy (non-hydrogen) atoms. The number of aromatic nitrogens is 2. The van der Waals surface area contributed by atoms with Crippen LogP contribution in [-0.4, -0.2) is 9.97 Å². The molecule has 0 unspecified atom stereocenters. The molecular weight excluding hydrogens is 224 g/mol. The van der Waals surface area contributed by atoms with Crippen molar-refractivity contribution >= 4 is 22.7 Å². The number of halogens is 1. The van der Waals surface area contributed by atoms with Crippen molar-refractivity contribution in [2.75, 3.05) is 0 Å². The summed E-state index contributed by atoms with van der Waals surface area (Å²) in [7, 11) is 0. The summed E-state index contributed by atoms with van der Waals surface area (Å²) in [4.78, 5) is 8.34. The maximum absolute atomic E-state index is 5.82. The van der Waals surface area contributed by atoms with Crippen molar-refractivity contribution in [1.29, 1.82) is 0 Å². The molecule has 0 atom stereocenters. The Kier molecular flexibility index (Phi) is 2.11. The fraction of sp³-hybridized carbons (Fsp3) is 0. The van der Waals surface area contributed by atoms with Crippen LogP contribution in [-0.2, 0) is 0 Å². The molecule has 0 amide bonds. The van der Waals surface area contributed by atoms with Crippen molar-refractivity contribution in [3.05, 3.63) is 47.7 Å². The molecule has 2 aromatic heterocycles. The second kappa shape index (κ2) is 3.61. The minimum Gasteiger partial charge on any atom is -0.434 e. The minimum absolute atomic E-state index is 0.583. The lowest BCUT2D eigenvalue weighted by Crippen LogP contribution is -1.75. The SMILES string of the molecule is Clc1ccc(-c2nc3ccncc3o2)cc1. The number of rotatable bonds is 1. The first-order valence-electron chi connectivity index (χ1n) is 4.79. The third-order valence-corrected chi connectivity index (χ3v) is 2.53. The molecule has 0 radical (unpaired) electrons. The van der Waals surface area contributed by atoms with Gasteiger partial charge in [-0.25, -0.2) is 4.98 Å². The lowest BCUT2D eigenvalue weighted by molar-refractivity contribution is 0.618. The molecule has 4 heteroatoms. The van der Waals surface area contributed by atoms with E-state index in [1.807, 2.05) is 30.3 Å². The van der Waals surface area contributed by atoms with Crippen molar-refractivity contribution in [1.82, 2.24) is 9.97 Å². The lowest BCUT2D eigenvalue weighted by atomic mass is 10.2.